The van der Waals surface area contributed by atoms with Gasteiger partial charge in [-0.3, -0.25) is 4.98 Å². The zero-order valence-electron chi connectivity index (χ0n) is 16.3. The highest BCUT2D eigenvalue weighted by molar-refractivity contribution is 9.10. The summed E-state index contributed by atoms with van der Waals surface area (Å²) >= 11 is 3.53. The highest BCUT2D eigenvalue weighted by Gasteiger charge is 2.29. The van der Waals surface area contributed by atoms with E-state index in [0.717, 1.165) is 57.9 Å². The van der Waals surface area contributed by atoms with E-state index in [0.29, 0.717) is 17.8 Å². The van der Waals surface area contributed by atoms with Crippen LogP contribution in [0.4, 0.5) is 4.39 Å². The molecule has 0 radical (unpaired) electrons. The van der Waals surface area contributed by atoms with Gasteiger partial charge in [-0.1, -0.05) is 22.9 Å². The summed E-state index contributed by atoms with van der Waals surface area (Å²) in [6.45, 7) is 2.29. The number of H-pyrrole nitrogens is 1. The molecule has 1 fully saturated rings. The van der Waals surface area contributed by atoms with Gasteiger partial charge in [0.1, 0.15) is 11.6 Å². The number of nitrogens with one attached hydrogen (secondary N) is 1. The molecule has 3 nitrogen and oxygen atoms in total. The Morgan fingerprint density at radius 1 is 1.03 bits per heavy atom. The van der Waals surface area contributed by atoms with Gasteiger partial charge >= 0.3 is 0 Å². The number of hydrogen-bond acceptors (Lipinski definition) is 2. The summed E-state index contributed by atoms with van der Waals surface area (Å²) in [6.07, 6.45) is 6.42. The predicted molar refractivity (Wildman–Crippen MR) is 119 cm³/mol. The van der Waals surface area contributed by atoms with Gasteiger partial charge in [0.2, 0.25) is 0 Å². The summed E-state index contributed by atoms with van der Waals surface area (Å²) < 4.78 is 14.9. The van der Waals surface area contributed by atoms with Gasteiger partial charge in [0.25, 0.3) is 0 Å². The number of halogens is 2. The van der Waals surface area contributed by atoms with E-state index < -0.39 is 0 Å². The summed E-state index contributed by atoms with van der Waals surface area (Å²) in [5.41, 5.74) is 4.23. The van der Waals surface area contributed by atoms with Crippen molar-refractivity contribution in [3.63, 3.8) is 0 Å². The Bertz CT molecular complexity index is 1180. The van der Waals surface area contributed by atoms with E-state index in [1.54, 1.807) is 12.1 Å². The van der Waals surface area contributed by atoms with Gasteiger partial charge in [0.05, 0.1) is 16.6 Å². The molecule has 1 unspecified atom stereocenters. The molecule has 1 atom stereocenters. The molecule has 2 heterocycles. The largest absolute Gasteiger partial charge is 0.342 e. The number of hydrogen-bond donors (Lipinski definition) is 1. The summed E-state index contributed by atoms with van der Waals surface area (Å²) in [5.74, 6) is 2.37. The fourth-order valence-electron chi connectivity index (χ4n) is 4.87. The smallest absolute Gasteiger partial charge is 0.123 e. The number of rotatable bonds is 3. The standard InChI is InChI=1S/C24H23BrFN3/c1-14(24-28-22-8-6-17(25)12-23(22)29-24)15-2-4-16(5-3-15)19-10-11-27-21-9-7-18(26)13-20(19)21/h6-16H,2-5H2,1H3,(H,28,29)/t14?,15-,16+. The maximum Gasteiger partial charge on any atom is 0.123 e. The lowest BCUT2D eigenvalue weighted by Gasteiger charge is -2.32. The number of aromatic nitrogens is 3. The summed E-state index contributed by atoms with van der Waals surface area (Å²) in [4.78, 5) is 12.8. The first-order valence-electron chi connectivity index (χ1n) is 10.3. The molecular formula is C24H23BrFN3. The van der Waals surface area contributed by atoms with Gasteiger partial charge in [0, 0.05) is 22.0 Å². The number of pyridine rings is 1. The number of nitrogens with zero attached hydrogens (tertiary/aromatic N) is 2. The number of aromatic amines is 1. The topological polar surface area (TPSA) is 41.6 Å². The van der Waals surface area contributed by atoms with Crippen LogP contribution in [-0.4, -0.2) is 15.0 Å². The summed E-state index contributed by atoms with van der Waals surface area (Å²) in [6, 6.07) is 13.2. The quantitative estimate of drug-likeness (QED) is 0.361. The Balaban J connectivity index is 1.34. The monoisotopic (exact) mass is 451 g/mol. The van der Waals surface area contributed by atoms with E-state index in [2.05, 4.69) is 51.0 Å². The van der Waals surface area contributed by atoms with Crippen LogP contribution in [0.3, 0.4) is 0 Å². The van der Waals surface area contributed by atoms with Crippen LogP contribution in [-0.2, 0) is 0 Å². The van der Waals surface area contributed by atoms with Crippen molar-refractivity contribution in [2.45, 2.75) is 44.4 Å². The molecule has 2 aromatic heterocycles. The fourth-order valence-corrected chi connectivity index (χ4v) is 5.23. The van der Waals surface area contributed by atoms with Crippen LogP contribution in [0.1, 0.15) is 55.8 Å². The Morgan fingerprint density at radius 2 is 1.83 bits per heavy atom. The molecule has 0 bridgehead atoms. The van der Waals surface area contributed by atoms with Crippen molar-refractivity contribution >= 4 is 37.9 Å². The molecule has 5 rings (SSSR count). The molecular weight excluding hydrogens is 429 g/mol. The molecule has 0 spiro atoms. The second-order valence-electron chi connectivity index (χ2n) is 8.25. The molecule has 5 heteroatoms. The minimum atomic E-state index is -0.189. The molecule has 148 valence electrons. The average Bonchev–Trinajstić information content (AvgIpc) is 3.16. The Labute approximate surface area is 177 Å². The Hall–Kier alpha value is -2.27. The van der Waals surface area contributed by atoms with Crippen molar-refractivity contribution in [3.05, 3.63) is 70.3 Å². The maximum atomic E-state index is 13.8. The molecule has 0 saturated heterocycles. The van der Waals surface area contributed by atoms with Crippen molar-refractivity contribution < 1.29 is 4.39 Å². The number of fused-ring (bicyclic) bond motifs is 2. The van der Waals surface area contributed by atoms with Gasteiger partial charge in [0.15, 0.2) is 0 Å². The third-order valence-electron chi connectivity index (χ3n) is 6.55. The van der Waals surface area contributed by atoms with E-state index in [-0.39, 0.29) is 5.82 Å². The van der Waals surface area contributed by atoms with Gasteiger partial charge in [-0.25, -0.2) is 9.37 Å². The second kappa shape index (κ2) is 7.52. The number of benzene rings is 2. The van der Waals surface area contributed by atoms with E-state index >= 15 is 0 Å². The molecule has 2 aromatic carbocycles. The molecule has 1 aliphatic rings. The lowest BCUT2D eigenvalue weighted by atomic mass is 9.73. The highest BCUT2D eigenvalue weighted by Crippen LogP contribution is 2.43. The van der Waals surface area contributed by atoms with E-state index in [1.165, 1.54) is 11.6 Å². The Morgan fingerprint density at radius 3 is 2.66 bits per heavy atom. The van der Waals surface area contributed by atoms with Gasteiger partial charge in [-0.15, -0.1) is 0 Å². The van der Waals surface area contributed by atoms with Crippen molar-refractivity contribution in [1.29, 1.82) is 0 Å². The molecule has 29 heavy (non-hydrogen) atoms. The molecule has 1 N–H and O–H groups in total. The molecule has 4 aromatic rings. The number of imidazole rings is 1. The van der Waals surface area contributed by atoms with E-state index in [1.807, 2.05) is 12.3 Å². The first kappa shape index (κ1) is 18.7. The zero-order chi connectivity index (χ0) is 20.0. The summed E-state index contributed by atoms with van der Waals surface area (Å²) in [7, 11) is 0. The normalized spacial score (nSPS) is 20.9. The second-order valence-corrected chi connectivity index (χ2v) is 9.16. The third kappa shape index (κ3) is 3.57. The lowest BCUT2D eigenvalue weighted by molar-refractivity contribution is 0.286. The van der Waals surface area contributed by atoms with Gasteiger partial charge in [-0.2, -0.15) is 0 Å². The molecule has 1 saturated carbocycles. The van der Waals surface area contributed by atoms with Crippen LogP contribution >= 0.6 is 15.9 Å². The maximum absolute atomic E-state index is 13.8. The van der Waals surface area contributed by atoms with Crippen molar-refractivity contribution in [2.24, 2.45) is 5.92 Å². The molecule has 1 aliphatic carbocycles. The summed E-state index contributed by atoms with van der Waals surface area (Å²) in [5, 5.41) is 0.965. The third-order valence-corrected chi connectivity index (χ3v) is 7.04. The van der Waals surface area contributed by atoms with Crippen LogP contribution in [0.15, 0.2) is 53.1 Å². The first-order valence-corrected chi connectivity index (χ1v) is 11.1. The first-order chi connectivity index (χ1) is 14.1. The van der Waals surface area contributed by atoms with E-state index in [9.17, 15) is 4.39 Å². The molecule has 0 aliphatic heterocycles. The average molecular weight is 452 g/mol. The van der Waals surface area contributed by atoms with E-state index in [4.69, 9.17) is 4.98 Å². The van der Waals surface area contributed by atoms with Crippen LogP contribution in [0, 0.1) is 11.7 Å². The van der Waals surface area contributed by atoms with Crippen molar-refractivity contribution in [3.8, 4) is 0 Å². The SMILES string of the molecule is CC(c1nc2ccc(Br)cc2[nH]1)[C@H]1CC[C@@H](c2ccnc3ccc(F)cc32)CC1. The minimum Gasteiger partial charge on any atom is -0.342 e. The van der Waals surface area contributed by atoms with Crippen molar-refractivity contribution in [1.82, 2.24) is 15.0 Å². The highest BCUT2D eigenvalue weighted by atomic mass is 79.9. The fraction of sp³-hybridized carbons (Fsp3) is 0.333. The minimum absolute atomic E-state index is 0.189. The van der Waals surface area contributed by atoms with Gasteiger partial charge < -0.3 is 4.98 Å². The van der Waals surface area contributed by atoms with Crippen LogP contribution in [0.25, 0.3) is 21.9 Å². The lowest BCUT2D eigenvalue weighted by Crippen LogP contribution is -2.19. The van der Waals surface area contributed by atoms with Crippen molar-refractivity contribution in [2.75, 3.05) is 0 Å². The zero-order valence-corrected chi connectivity index (χ0v) is 17.9. The van der Waals surface area contributed by atoms with Crippen LogP contribution < -0.4 is 0 Å². The van der Waals surface area contributed by atoms with Gasteiger partial charge in [-0.05, 0) is 85.5 Å². The van der Waals surface area contributed by atoms with Crippen LogP contribution in [0.5, 0.6) is 0 Å². The van der Waals surface area contributed by atoms with Crippen LogP contribution in [0.2, 0.25) is 0 Å². The Kier molecular flexibility index (Phi) is 4.86. The molecule has 0 amide bonds. The predicted octanol–water partition coefficient (Wildman–Crippen LogP) is 7.09.